The van der Waals surface area contributed by atoms with Crippen LogP contribution in [-0.4, -0.2) is 21.2 Å². The van der Waals surface area contributed by atoms with Gasteiger partial charge in [-0.1, -0.05) is 23.2 Å². The largest absolute Gasteiger partial charge is 0.253 e. The van der Waals surface area contributed by atoms with Gasteiger partial charge in [0.05, 0.1) is 32.8 Å². The number of pyridine rings is 3. The Labute approximate surface area is 142 Å². The molecule has 0 unspecified atom stereocenters. The summed E-state index contributed by atoms with van der Waals surface area (Å²) in [4.78, 5) is 14.4. The molecule has 0 aliphatic heterocycles. The summed E-state index contributed by atoms with van der Waals surface area (Å²) in [5.41, 5.74) is 3.12. The molecular weight excluding hydrogens is 337 g/mol. The van der Waals surface area contributed by atoms with Gasteiger partial charge in [-0.05, 0) is 42.7 Å². The molecule has 110 valence electrons. The van der Waals surface area contributed by atoms with Crippen molar-refractivity contribution < 1.29 is 0 Å². The number of hydrogen-bond acceptors (Lipinski definition) is 4. The van der Waals surface area contributed by atoms with Crippen LogP contribution in [0.3, 0.4) is 0 Å². The van der Waals surface area contributed by atoms with Gasteiger partial charge in [0.1, 0.15) is 0 Å². The van der Waals surface area contributed by atoms with E-state index in [2.05, 4.69) is 15.0 Å². The van der Waals surface area contributed by atoms with Crippen molar-refractivity contribution in [3.63, 3.8) is 0 Å². The molecule has 3 rings (SSSR count). The monoisotopic (exact) mass is 347 g/mol. The maximum absolute atomic E-state index is 5.89. The molecule has 0 N–H and O–H groups in total. The number of thioether (sulfide) groups is 1. The Hall–Kier alpha value is -1.62. The average molecular weight is 348 g/mol. The highest BCUT2D eigenvalue weighted by atomic mass is 35.5. The lowest BCUT2D eigenvalue weighted by Crippen LogP contribution is -1.93. The minimum atomic E-state index is 0.601. The van der Waals surface area contributed by atoms with E-state index in [0.29, 0.717) is 10.0 Å². The first-order chi connectivity index (χ1) is 10.7. The number of nitrogens with zero attached hydrogens (tertiary/aromatic N) is 3. The molecule has 0 radical (unpaired) electrons. The van der Waals surface area contributed by atoms with Gasteiger partial charge >= 0.3 is 0 Å². The molecule has 0 amide bonds. The van der Waals surface area contributed by atoms with Gasteiger partial charge in [0.2, 0.25) is 0 Å². The summed E-state index contributed by atoms with van der Waals surface area (Å²) in [6, 6.07) is 11.3. The van der Waals surface area contributed by atoms with Crippen LogP contribution >= 0.6 is 35.0 Å². The minimum absolute atomic E-state index is 0.601. The second-order valence-electron chi connectivity index (χ2n) is 4.50. The molecule has 0 aliphatic rings. The molecule has 6 heteroatoms. The molecule has 3 nitrogen and oxygen atoms in total. The summed E-state index contributed by atoms with van der Waals surface area (Å²) < 4.78 is 0. The molecule has 0 saturated heterocycles. The lowest BCUT2D eigenvalue weighted by Gasteiger charge is -2.07. The van der Waals surface area contributed by atoms with E-state index in [1.54, 1.807) is 36.3 Å². The second-order valence-corrected chi connectivity index (χ2v) is 6.25. The Morgan fingerprint density at radius 2 is 1.27 bits per heavy atom. The summed E-state index contributed by atoms with van der Waals surface area (Å²) in [7, 11) is 0. The van der Waals surface area contributed by atoms with Crippen LogP contribution in [0.2, 0.25) is 10.0 Å². The molecule has 3 heterocycles. The highest BCUT2D eigenvalue weighted by molar-refractivity contribution is 7.98. The predicted molar refractivity (Wildman–Crippen MR) is 92.5 cm³/mol. The van der Waals surface area contributed by atoms with Gasteiger partial charge in [0.25, 0.3) is 0 Å². The standard InChI is InChI=1S/C16H11Cl2N3S/c1-22-12-6-15(13-4-2-10(17)8-19-13)21-16(7-12)14-5-3-11(18)9-20-14/h2-9H,1H3. The molecular formula is C16H11Cl2N3S. The van der Waals surface area contributed by atoms with E-state index in [1.807, 2.05) is 30.5 Å². The van der Waals surface area contributed by atoms with Crippen molar-refractivity contribution in [3.8, 4) is 22.8 Å². The topological polar surface area (TPSA) is 38.7 Å². The Balaban J connectivity index is 2.10. The number of aromatic nitrogens is 3. The van der Waals surface area contributed by atoms with E-state index < -0.39 is 0 Å². The van der Waals surface area contributed by atoms with Crippen LogP contribution in [0.5, 0.6) is 0 Å². The zero-order valence-electron chi connectivity index (χ0n) is 11.6. The van der Waals surface area contributed by atoms with E-state index in [-0.39, 0.29) is 0 Å². The lowest BCUT2D eigenvalue weighted by molar-refractivity contribution is 1.19. The van der Waals surface area contributed by atoms with E-state index >= 15 is 0 Å². The van der Waals surface area contributed by atoms with Crippen LogP contribution in [0, 0.1) is 0 Å². The van der Waals surface area contributed by atoms with Gasteiger partial charge < -0.3 is 0 Å². The maximum Gasteiger partial charge on any atom is 0.0905 e. The molecule has 22 heavy (non-hydrogen) atoms. The van der Waals surface area contributed by atoms with E-state index in [9.17, 15) is 0 Å². The van der Waals surface area contributed by atoms with Crippen molar-refractivity contribution in [1.82, 2.24) is 15.0 Å². The fourth-order valence-corrected chi connectivity index (χ4v) is 2.62. The van der Waals surface area contributed by atoms with Gasteiger partial charge in [-0.3, -0.25) is 9.97 Å². The zero-order valence-corrected chi connectivity index (χ0v) is 14.0. The number of rotatable bonds is 3. The quantitative estimate of drug-likeness (QED) is 0.607. The van der Waals surface area contributed by atoms with Crippen LogP contribution in [0.1, 0.15) is 0 Å². The fraction of sp³-hybridized carbons (Fsp3) is 0.0625. The van der Waals surface area contributed by atoms with E-state index in [4.69, 9.17) is 23.2 Å². The second kappa shape index (κ2) is 6.65. The predicted octanol–water partition coefficient (Wildman–Crippen LogP) is 5.23. The third-order valence-electron chi connectivity index (χ3n) is 3.01. The molecule has 0 atom stereocenters. The van der Waals surface area contributed by atoms with E-state index in [1.165, 1.54) is 0 Å². The van der Waals surface area contributed by atoms with Gasteiger partial charge in [-0.25, -0.2) is 4.98 Å². The SMILES string of the molecule is CSc1cc(-c2ccc(Cl)cn2)nc(-c2ccc(Cl)cn2)c1. The summed E-state index contributed by atoms with van der Waals surface area (Å²) >= 11 is 13.4. The molecule has 0 bridgehead atoms. The average Bonchev–Trinajstić information content (AvgIpc) is 2.55. The zero-order chi connectivity index (χ0) is 15.5. The Bertz CT molecular complexity index is 726. The third kappa shape index (κ3) is 3.40. The Kier molecular flexibility index (Phi) is 4.62. The summed E-state index contributed by atoms with van der Waals surface area (Å²) in [5, 5.41) is 1.20. The van der Waals surface area contributed by atoms with Gasteiger partial charge in [0, 0.05) is 17.3 Å². The molecule has 0 spiro atoms. The molecule has 0 aliphatic carbocycles. The van der Waals surface area contributed by atoms with Crippen molar-refractivity contribution in [3.05, 3.63) is 58.8 Å². The van der Waals surface area contributed by atoms with Gasteiger partial charge in [0.15, 0.2) is 0 Å². The summed E-state index contributed by atoms with van der Waals surface area (Å²) in [6.45, 7) is 0. The first-order valence-corrected chi connectivity index (χ1v) is 8.44. The lowest BCUT2D eigenvalue weighted by atomic mass is 10.2. The van der Waals surface area contributed by atoms with Crippen molar-refractivity contribution in [1.29, 1.82) is 0 Å². The molecule has 0 saturated carbocycles. The molecule has 0 aromatic carbocycles. The Morgan fingerprint density at radius 1 is 0.773 bits per heavy atom. The van der Waals surface area contributed by atoms with Crippen molar-refractivity contribution in [2.45, 2.75) is 4.90 Å². The van der Waals surface area contributed by atoms with Crippen molar-refractivity contribution in [2.24, 2.45) is 0 Å². The smallest absolute Gasteiger partial charge is 0.0905 e. The van der Waals surface area contributed by atoms with Crippen molar-refractivity contribution in [2.75, 3.05) is 6.26 Å². The van der Waals surface area contributed by atoms with Gasteiger partial charge in [-0.2, -0.15) is 0 Å². The Morgan fingerprint density at radius 3 is 1.64 bits per heavy atom. The highest BCUT2D eigenvalue weighted by Crippen LogP contribution is 2.27. The third-order valence-corrected chi connectivity index (χ3v) is 4.17. The number of hydrogen-bond donors (Lipinski definition) is 0. The van der Waals surface area contributed by atoms with Crippen LogP contribution in [0.4, 0.5) is 0 Å². The van der Waals surface area contributed by atoms with Crippen LogP contribution in [0.15, 0.2) is 53.7 Å². The summed E-state index contributed by atoms with van der Waals surface area (Å²) in [5.74, 6) is 0. The highest BCUT2D eigenvalue weighted by Gasteiger charge is 2.09. The fourth-order valence-electron chi connectivity index (χ4n) is 1.94. The van der Waals surface area contributed by atoms with Crippen LogP contribution in [-0.2, 0) is 0 Å². The minimum Gasteiger partial charge on any atom is -0.253 e. The number of halogens is 2. The van der Waals surface area contributed by atoms with Crippen LogP contribution < -0.4 is 0 Å². The molecule has 0 fully saturated rings. The van der Waals surface area contributed by atoms with E-state index in [0.717, 1.165) is 27.7 Å². The first-order valence-electron chi connectivity index (χ1n) is 6.45. The molecule has 3 aromatic rings. The maximum atomic E-state index is 5.89. The molecule has 3 aromatic heterocycles. The normalized spacial score (nSPS) is 10.7. The summed E-state index contributed by atoms with van der Waals surface area (Å²) in [6.07, 6.45) is 5.25. The van der Waals surface area contributed by atoms with Crippen LogP contribution in [0.25, 0.3) is 22.8 Å². The first kappa shape index (κ1) is 15.3. The van der Waals surface area contributed by atoms with Crippen molar-refractivity contribution >= 4 is 35.0 Å². The van der Waals surface area contributed by atoms with Gasteiger partial charge in [-0.15, -0.1) is 11.8 Å².